The molecule has 0 aliphatic heterocycles. The molecule has 0 bridgehead atoms. The Morgan fingerprint density at radius 3 is 2.94 bits per heavy atom. The Balaban J connectivity index is 2.26. The number of nitrogens with one attached hydrogen (secondary N) is 1. The van der Waals surface area contributed by atoms with E-state index in [1.807, 2.05) is 19.1 Å². The van der Waals surface area contributed by atoms with Crippen molar-refractivity contribution in [2.24, 2.45) is 5.73 Å². The van der Waals surface area contributed by atoms with E-state index >= 15 is 0 Å². The first-order valence-electron chi connectivity index (χ1n) is 6.13. The first kappa shape index (κ1) is 13.6. The lowest BCUT2D eigenvalue weighted by molar-refractivity contribution is -0.121. The molecule has 4 heteroatoms. The molecule has 94 valence electrons. The van der Waals surface area contributed by atoms with Gasteiger partial charge in [-0.25, -0.2) is 0 Å². The summed E-state index contributed by atoms with van der Waals surface area (Å²) in [7, 11) is 0. The second-order valence-corrected chi connectivity index (χ2v) is 4.17. The highest BCUT2D eigenvalue weighted by molar-refractivity contribution is 5.76. The van der Waals surface area contributed by atoms with E-state index in [0.717, 1.165) is 24.8 Å². The number of rotatable bonds is 7. The predicted octanol–water partition coefficient (Wildman–Crippen LogP) is 1.78. The van der Waals surface area contributed by atoms with Crippen molar-refractivity contribution in [2.45, 2.75) is 38.6 Å². The fourth-order valence-corrected chi connectivity index (χ4v) is 1.64. The van der Waals surface area contributed by atoms with Crippen LogP contribution in [0.3, 0.4) is 0 Å². The summed E-state index contributed by atoms with van der Waals surface area (Å²) in [5, 5.41) is 2.96. The monoisotopic (exact) mass is 235 g/mol. The number of unbranched alkanes of at least 4 members (excludes halogenated alkanes) is 2. The first-order valence-corrected chi connectivity index (χ1v) is 6.13. The predicted molar refractivity (Wildman–Crippen MR) is 68.3 cm³/mol. The maximum Gasteiger partial charge on any atom is 0.220 e. The third kappa shape index (κ3) is 5.45. The molecular formula is C13H21N3O. The lowest BCUT2D eigenvalue weighted by atomic mass is 10.1. The minimum atomic E-state index is 0.0192. The summed E-state index contributed by atoms with van der Waals surface area (Å²) in [5.41, 5.74) is 6.43. The summed E-state index contributed by atoms with van der Waals surface area (Å²) in [6.45, 7) is 2.67. The van der Waals surface area contributed by atoms with E-state index < -0.39 is 0 Å². The molecule has 0 radical (unpaired) electrons. The van der Waals surface area contributed by atoms with Crippen LogP contribution in [0, 0.1) is 0 Å². The topological polar surface area (TPSA) is 68.0 Å². The summed E-state index contributed by atoms with van der Waals surface area (Å²) in [5.74, 6) is 0.0957. The number of pyridine rings is 1. The van der Waals surface area contributed by atoms with E-state index in [1.54, 1.807) is 12.4 Å². The van der Waals surface area contributed by atoms with Gasteiger partial charge < -0.3 is 11.1 Å². The molecule has 1 atom stereocenters. The standard InChI is InChI=1S/C13H21N3O/c1-11(12-6-5-9-15-10-12)16-13(17)7-3-2-4-8-14/h5-6,9-11H,2-4,7-8,14H2,1H3,(H,16,17)/t11-/m1/s1. The van der Waals surface area contributed by atoms with Gasteiger partial charge in [0.05, 0.1) is 6.04 Å². The number of carbonyl (C=O) groups is 1. The van der Waals surface area contributed by atoms with Crippen molar-refractivity contribution in [1.29, 1.82) is 0 Å². The maximum atomic E-state index is 11.6. The summed E-state index contributed by atoms with van der Waals surface area (Å²) in [4.78, 5) is 15.7. The van der Waals surface area contributed by atoms with Crippen LogP contribution in [0.25, 0.3) is 0 Å². The molecule has 1 aromatic rings. The van der Waals surface area contributed by atoms with Gasteiger partial charge in [-0.3, -0.25) is 9.78 Å². The average Bonchev–Trinajstić information content (AvgIpc) is 2.36. The van der Waals surface area contributed by atoms with Gasteiger partial charge in [0.15, 0.2) is 0 Å². The van der Waals surface area contributed by atoms with Crippen LogP contribution in [-0.4, -0.2) is 17.4 Å². The molecule has 17 heavy (non-hydrogen) atoms. The second kappa shape index (κ2) is 7.79. The fourth-order valence-electron chi connectivity index (χ4n) is 1.64. The lowest BCUT2D eigenvalue weighted by Gasteiger charge is -2.13. The zero-order chi connectivity index (χ0) is 12.5. The summed E-state index contributed by atoms with van der Waals surface area (Å²) < 4.78 is 0. The summed E-state index contributed by atoms with van der Waals surface area (Å²) in [6.07, 6.45) is 6.99. The molecule has 3 N–H and O–H groups in total. The second-order valence-electron chi connectivity index (χ2n) is 4.17. The Kier molecular flexibility index (Phi) is 6.25. The van der Waals surface area contributed by atoms with E-state index in [0.29, 0.717) is 13.0 Å². The van der Waals surface area contributed by atoms with Crippen molar-refractivity contribution < 1.29 is 4.79 Å². The van der Waals surface area contributed by atoms with Crippen molar-refractivity contribution in [3.05, 3.63) is 30.1 Å². The van der Waals surface area contributed by atoms with Crippen molar-refractivity contribution in [1.82, 2.24) is 10.3 Å². The van der Waals surface area contributed by atoms with Crippen molar-refractivity contribution in [3.8, 4) is 0 Å². The number of nitrogens with zero attached hydrogens (tertiary/aromatic N) is 1. The molecule has 0 aromatic carbocycles. The molecular weight excluding hydrogens is 214 g/mol. The molecule has 0 saturated heterocycles. The number of hydrogen-bond donors (Lipinski definition) is 2. The number of carbonyl (C=O) groups excluding carboxylic acids is 1. The van der Waals surface area contributed by atoms with Crippen LogP contribution < -0.4 is 11.1 Å². The van der Waals surface area contributed by atoms with Gasteiger partial charge in [-0.15, -0.1) is 0 Å². The Hall–Kier alpha value is -1.42. The van der Waals surface area contributed by atoms with Crippen molar-refractivity contribution >= 4 is 5.91 Å². The normalized spacial score (nSPS) is 12.1. The SMILES string of the molecule is C[C@@H](NC(=O)CCCCCN)c1cccnc1. The molecule has 4 nitrogen and oxygen atoms in total. The third-order valence-corrected chi connectivity index (χ3v) is 2.67. The number of amides is 1. The van der Waals surface area contributed by atoms with Gasteiger partial charge in [-0.2, -0.15) is 0 Å². The van der Waals surface area contributed by atoms with Crippen molar-refractivity contribution in [3.63, 3.8) is 0 Å². The van der Waals surface area contributed by atoms with Crippen LogP contribution in [0.15, 0.2) is 24.5 Å². The van der Waals surface area contributed by atoms with Crippen LogP contribution in [0.5, 0.6) is 0 Å². The van der Waals surface area contributed by atoms with E-state index in [1.165, 1.54) is 0 Å². The van der Waals surface area contributed by atoms with Gasteiger partial charge in [-0.05, 0) is 37.9 Å². The van der Waals surface area contributed by atoms with Gasteiger partial charge in [0.2, 0.25) is 5.91 Å². The third-order valence-electron chi connectivity index (χ3n) is 2.67. The van der Waals surface area contributed by atoms with E-state index in [9.17, 15) is 4.79 Å². The van der Waals surface area contributed by atoms with E-state index in [-0.39, 0.29) is 11.9 Å². The maximum absolute atomic E-state index is 11.6. The average molecular weight is 235 g/mol. The summed E-state index contributed by atoms with van der Waals surface area (Å²) >= 11 is 0. The molecule has 0 spiro atoms. The Morgan fingerprint density at radius 2 is 2.29 bits per heavy atom. The molecule has 1 amide bonds. The highest BCUT2D eigenvalue weighted by Crippen LogP contribution is 2.10. The first-order chi connectivity index (χ1) is 8.24. The van der Waals surface area contributed by atoms with Gasteiger partial charge in [0, 0.05) is 18.8 Å². The van der Waals surface area contributed by atoms with Gasteiger partial charge in [0.25, 0.3) is 0 Å². The molecule has 0 aliphatic rings. The quantitative estimate of drug-likeness (QED) is 0.708. The smallest absolute Gasteiger partial charge is 0.220 e. The van der Waals surface area contributed by atoms with Crippen LogP contribution >= 0.6 is 0 Å². The molecule has 0 fully saturated rings. The zero-order valence-electron chi connectivity index (χ0n) is 10.4. The highest BCUT2D eigenvalue weighted by atomic mass is 16.1. The number of nitrogens with two attached hydrogens (primary N) is 1. The Labute approximate surface area is 103 Å². The molecule has 0 aliphatic carbocycles. The molecule has 0 unspecified atom stereocenters. The van der Waals surface area contributed by atoms with E-state index in [2.05, 4.69) is 10.3 Å². The molecule has 1 rings (SSSR count). The number of hydrogen-bond acceptors (Lipinski definition) is 3. The lowest BCUT2D eigenvalue weighted by Crippen LogP contribution is -2.26. The van der Waals surface area contributed by atoms with Gasteiger partial charge in [0.1, 0.15) is 0 Å². The van der Waals surface area contributed by atoms with Crippen LogP contribution in [0.2, 0.25) is 0 Å². The van der Waals surface area contributed by atoms with Gasteiger partial charge >= 0.3 is 0 Å². The van der Waals surface area contributed by atoms with E-state index in [4.69, 9.17) is 5.73 Å². The van der Waals surface area contributed by atoms with Crippen LogP contribution in [-0.2, 0) is 4.79 Å². The molecule has 1 aromatic heterocycles. The van der Waals surface area contributed by atoms with Gasteiger partial charge in [-0.1, -0.05) is 12.5 Å². The largest absolute Gasteiger partial charge is 0.350 e. The van der Waals surface area contributed by atoms with Crippen LogP contribution in [0.4, 0.5) is 0 Å². The zero-order valence-corrected chi connectivity index (χ0v) is 10.4. The summed E-state index contributed by atoms with van der Waals surface area (Å²) in [6, 6.07) is 3.86. The molecule has 1 heterocycles. The fraction of sp³-hybridized carbons (Fsp3) is 0.538. The highest BCUT2D eigenvalue weighted by Gasteiger charge is 2.08. The minimum Gasteiger partial charge on any atom is -0.350 e. The minimum absolute atomic E-state index is 0.0192. The van der Waals surface area contributed by atoms with Crippen molar-refractivity contribution in [2.75, 3.05) is 6.54 Å². The van der Waals surface area contributed by atoms with Crippen LogP contribution in [0.1, 0.15) is 44.2 Å². The Morgan fingerprint density at radius 1 is 1.47 bits per heavy atom. The molecule has 0 saturated carbocycles. The number of aromatic nitrogens is 1. The Bertz CT molecular complexity index is 327.